The molecule has 12 rings (SSSR count). The van der Waals surface area contributed by atoms with Crippen molar-refractivity contribution in [1.29, 1.82) is 0 Å². The summed E-state index contributed by atoms with van der Waals surface area (Å²) in [6.45, 7) is 0. The molecule has 4 heteroatoms. The van der Waals surface area contributed by atoms with E-state index in [2.05, 4.69) is 173 Å². The summed E-state index contributed by atoms with van der Waals surface area (Å²) in [5.74, 6) is 0.907. The van der Waals surface area contributed by atoms with Crippen LogP contribution in [0, 0.1) is 0 Å². The van der Waals surface area contributed by atoms with Crippen LogP contribution in [-0.2, 0) is 0 Å². The molecule has 1 aliphatic rings. The van der Waals surface area contributed by atoms with Crippen LogP contribution in [0.3, 0.4) is 0 Å². The zero-order valence-electron chi connectivity index (χ0n) is 28.0. The van der Waals surface area contributed by atoms with Gasteiger partial charge in [0.25, 0.3) is 0 Å². The van der Waals surface area contributed by atoms with Crippen molar-refractivity contribution in [2.24, 2.45) is 0 Å². The van der Waals surface area contributed by atoms with Gasteiger partial charge in [0, 0.05) is 49.9 Å². The summed E-state index contributed by atoms with van der Waals surface area (Å²) < 4.78 is 4.71. The second-order valence-corrected chi connectivity index (χ2v) is 13.8. The lowest BCUT2D eigenvalue weighted by Crippen LogP contribution is -1.98. The van der Waals surface area contributed by atoms with Gasteiger partial charge in [0.15, 0.2) is 0 Å². The van der Waals surface area contributed by atoms with E-state index in [-0.39, 0.29) is 0 Å². The van der Waals surface area contributed by atoms with E-state index in [4.69, 9.17) is 9.97 Å². The number of benzene rings is 7. The molecule has 0 radical (unpaired) electrons. The molecule has 0 amide bonds. The number of hydrogen-bond acceptors (Lipinski definition) is 2. The predicted molar refractivity (Wildman–Crippen MR) is 216 cm³/mol. The standard InChI is InChI=1S/C48H28N4/c1-2-11-33(12-3-1)51-42-22-19-32(28-39(42)46-34-13-5-4-9-29(34)17-23-43(46)51)31-18-21-41-38(27-31)35-14-6-7-16-40(35)52(41)44-24-20-37-47(50-44)36-15-8-10-30-25-26-49-48(37)45(30)36/h1-28H. The van der Waals surface area contributed by atoms with Crippen LogP contribution in [0.25, 0.3) is 110 Å². The molecule has 4 nitrogen and oxygen atoms in total. The lowest BCUT2D eigenvalue weighted by Gasteiger charge is -2.10. The van der Waals surface area contributed by atoms with Crippen LogP contribution in [0.4, 0.5) is 0 Å². The highest BCUT2D eigenvalue weighted by Gasteiger charge is 2.25. The van der Waals surface area contributed by atoms with Gasteiger partial charge in [-0.3, -0.25) is 9.55 Å². The summed E-state index contributed by atoms with van der Waals surface area (Å²) in [5.41, 5.74) is 12.5. The Kier molecular flexibility index (Phi) is 5.47. The quantitative estimate of drug-likeness (QED) is 0.189. The Morgan fingerprint density at radius 3 is 1.98 bits per heavy atom. The third-order valence-corrected chi connectivity index (χ3v) is 11.1. The molecule has 52 heavy (non-hydrogen) atoms. The highest BCUT2D eigenvalue weighted by Crippen LogP contribution is 2.46. The molecule has 0 spiro atoms. The van der Waals surface area contributed by atoms with E-state index in [0.29, 0.717) is 0 Å². The Labute approximate surface area is 298 Å². The van der Waals surface area contributed by atoms with Gasteiger partial charge >= 0.3 is 0 Å². The maximum absolute atomic E-state index is 5.35. The molecule has 1 aliphatic carbocycles. The molecule has 4 aromatic heterocycles. The summed E-state index contributed by atoms with van der Waals surface area (Å²) in [5, 5.41) is 9.86. The maximum atomic E-state index is 5.35. The first kappa shape index (κ1) is 27.7. The number of para-hydroxylation sites is 2. The molecular formula is C48H28N4. The van der Waals surface area contributed by atoms with Crippen molar-refractivity contribution < 1.29 is 0 Å². The van der Waals surface area contributed by atoms with Crippen molar-refractivity contribution in [3.05, 3.63) is 170 Å². The molecule has 0 saturated carbocycles. The fraction of sp³-hybridized carbons (Fsp3) is 0. The van der Waals surface area contributed by atoms with E-state index in [0.717, 1.165) is 45.1 Å². The summed E-state index contributed by atoms with van der Waals surface area (Å²) in [6, 6.07) is 59.3. The molecule has 0 bridgehead atoms. The topological polar surface area (TPSA) is 35.6 Å². The molecule has 240 valence electrons. The molecule has 0 fully saturated rings. The van der Waals surface area contributed by atoms with Gasteiger partial charge in [-0.15, -0.1) is 0 Å². The van der Waals surface area contributed by atoms with Crippen molar-refractivity contribution in [2.45, 2.75) is 0 Å². The van der Waals surface area contributed by atoms with E-state index in [1.54, 1.807) is 0 Å². The largest absolute Gasteiger partial charge is 0.309 e. The van der Waals surface area contributed by atoms with Gasteiger partial charge < -0.3 is 4.57 Å². The molecule has 0 atom stereocenters. The third-order valence-electron chi connectivity index (χ3n) is 11.1. The minimum absolute atomic E-state index is 0.907. The number of nitrogens with zero attached hydrogens (tertiary/aromatic N) is 4. The van der Waals surface area contributed by atoms with Crippen molar-refractivity contribution in [3.63, 3.8) is 0 Å². The number of hydrogen-bond donors (Lipinski definition) is 0. The first-order valence-corrected chi connectivity index (χ1v) is 17.7. The number of rotatable bonds is 3. The van der Waals surface area contributed by atoms with Gasteiger partial charge in [-0.1, -0.05) is 97.1 Å². The van der Waals surface area contributed by atoms with E-state index in [1.165, 1.54) is 65.3 Å². The van der Waals surface area contributed by atoms with Crippen LogP contribution in [0.5, 0.6) is 0 Å². The van der Waals surface area contributed by atoms with Crippen LogP contribution in [-0.4, -0.2) is 19.1 Å². The average Bonchev–Trinajstić information content (AvgIpc) is 3.84. The molecule has 4 heterocycles. The lowest BCUT2D eigenvalue weighted by molar-refractivity contribution is 1.09. The number of fused-ring (bicyclic) bond motifs is 11. The van der Waals surface area contributed by atoms with Crippen LogP contribution >= 0.6 is 0 Å². The molecule has 0 N–H and O–H groups in total. The van der Waals surface area contributed by atoms with Crippen LogP contribution < -0.4 is 0 Å². The first-order valence-electron chi connectivity index (χ1n) is 17.7. The van der Waals surface area contributed by atoms with Gasteiger partial charge in [-0.2, -0.15) is 0 Å². The molecule has 7 aromatic carbocycles. The van der Waals surface area contributed by atoms with E-state index in [1.807, 2.05) is 6.20 Å². The third kappa shape index (κ3) is 3.70. The number of aromatic nitrogens is 4. The monoisotopic (exact) mass is 660 g/mol. The van der Waals surface area contributed by atoms with Crippen LogP contribution in [0.2, 0.25) is 0 Å². The fourth-order valence-electron chi connectivity index (χ4n) is 8.83. The first-order chi connectivity index (χ1) is 25.8. The summed E-state index contributed by atoms with van der Waals surface area (Å²) in [4.78, 5) is 10.1. The second kappa shape index (κ2) is 10.3. The van der Waals surface area contributed by atoms with E-state index >= 15 is 0 Å². The Balaban J connectivity index is 1.07. The Bertz CT molecular complexity index is 3290. The minimum atomic E-state index is 0.907. The Morgan fingerprint density at radius 1 is 0.385 bits per heavy atom. The summed E-state index contributed by atoms with van der Waals surface area (Å²) in [6.07, 6.45) is 1.90. The molecule has 0 aliphatic heterocycles. The smallest absolute Gasteiger partial charge is 0.138 e. The predicted octanol–water partition coefficient (Wildman–Crippen LogP) is 12.3. The Morgan fingerprint density at radius 2 is 1.10 bits per heavy atom. The van der Waals surface area contributed by atoms with Gasteiger partial charge in [0.2, 0.25) is 0 Å². The molecule has 0 unspecified atom stereocenters. The molecule has 11 aromatic rings. The average molecular weight is 661 g/mol. The highest BCUT2D eigenvalue weighted by atomic mass is 15.1. The van der Waals surface area contributed by atoms with Crippen molar-refractivity contribution in [2.75, 3.05) is 0 Å². The zero-order valence-corrected chi connectivity index (χ0v) is 28.0. The van der Waals surface area contributed by atoms with Crippen molar-refractivity contribution in [1.82, 2.24) is 19.1 Å². The highest BCUT2D eigenvalue weighted by molar-refractivity contribution is 6.22. The van der Waals surface area contributed by atoms with Gasteiger partial charge in [0.1, 0.15) is 5.82 Å². The fourth-order valence-corrected chi connectivity index (χ4v) is 8.83. The van der Waals surface area contributed by atoms with Gasteiger partial charge in [0.05, 0.1) is 33.5 Å². The van der Waals surface area contributed by atoms with Gasteiger partial charge in [-0.05, 0) is 94.0 Å². The van der Waals surface area contributed by atoms with Crippen LogP contribution in [0.15, 0.2) is 170 Å². The maximum Gasteiger partial charge on any atom is 0.138 e. The van der Waals surface area contributed by atoms with Crippen molar-refractivity contribution in [3.8, 4) is 45.1 Å². The summed E-state index contributed by atoms with van der Waals surface area (Å²) >= 11 is 0. The number of pyridine rings is 2. The van der Waals surface area contributed by atoms with E-state index < -0.39 is 0 Å². The zero-order chi connectivity index (χ0) is 33.9. The molecular weight excluding hydrogens is 633 g/mol. The van der Waals surface area contributed by atoms with Crippen molar-refractivity contribution >= 4 is 65.2 Å². The normalized spacial score (nSPS) is 12.2. The lowest BCUT2D eigenvalue weighted by atomic mass is 9.99. The SMILES string of the molecule is c1ccc(-n2c3ccc(-c4ccc5c(c4)c4ccccc4n5-c4ccc5c(n4)-c4cccc6ccnc-5c46)cc3c3c4ccccc4ccc32)cc1. The minimum Gasteiger partial charge on any atom is -0.309 e. The van der Waals surface area contributed by atoms with Gasteiger partial charge in [-0.25, -0.2) is 4.98 Å². The summed E-state index contributed by atoms with van der Waals surface area (Å²) in [7, 11) is 0. The van der Waals surface area contributed by atoms with Crippen LogP contribution in [0.1, 0.15) is 0 Å². The Hall–Kier alpha value is -7.04. The van der Waals surface area contributed by atoms with E-state index in [9.17, 15) is 0 Å². The molecule has 0 saturated heterocycles. The second-order valence-electron chi connectivity index (χ2n) is 13.8.